The van der Waals surface area contributed by atoms with Crippen molar-refractivity contribution in [1.29, 1.82) is 0 Å². The van der Waals surface area contributed by atoms with Crippen LogP contribution in [0.3, 0.4) is 0 Å². The third-order valence-electron chi connectivity index (χ3n) is 4.82. The van der Waals surface area contributed by atoms with Crippen LogP contribution in [0, 0.1) is 0 Å². The quantitative estimate of drug-likeness (QED) is 0.435. The molecular formula is C23H24N2O7S. The van der Waals surface area contributed by atoms with Gasteiger partial charge in [-0.25, -0.2) is 8.42 Å². The van der Waals surface area contributed by atoms with Crippen LogP contribution in [-0.2, 0) is 21.4 Å². The molecule has 0 spiro atoms. The number of furan rings is 1. The van der Waals surface area contributed by atoms with E-state index >= 15 is 0 Å². The van der Waals surface area contributed by atoms with Gasteiger partial charge in [-0.1, -0.05) is 12.1 Å². The molecule has 10 heteroatoms. The summed E-state index contributed by atoms with van der Waals surface area (Å²) < 4.78 is 49.9. The molecule has 1 aliphatic rings. The van der Waals surface area contributed by atoms with Gasteiger partial charge >= 0.3 is 0 Å². The van der Waals surface area contributed by atoms with Crippen LogP contribution in [0.1, 0.15) is 22.5 Å². The minimum atomic E-state index is -3.95. The van der Waals surface area contributed by atoms with E-state index in [9.17, 15) is 13.2 Å². The lowest BCUT2D eigenvalue weighted by atomic mass is 10.1. The van der Waals surface area contributed by atoms with Crippen molar-refractivity contribution in [3.8, 4) is 11.5 Å². The molecule has 0 unspecified atom stereocenters. The second-order valence-electron chi connectivity index (χ2n) is 7.20. The number of hydrogen-bond donors (Lipinski definition) is 2. The van der Waals surface area contributed by atoms with Crippen molar-refractivity contribution in [1.82, 2.24) is 5.32 Å². The highest BCUT2D eigenvalue weighted by molar-refractivity contribution is 7.92. The fraction of sp³-hybridized carbons (Fsp3) is 0.261. The predicted octanol–water partition coefficient (Wildman–Crippen LogP) is 3.19. The van der Waals surface area contributed by atoms with E-state index in [1.807, 2.05) is 6.07 Å². The van der Waals surface area contributed by atoms with E-state index in [0.29, 0.717) is 50.9 Å². The second-order valence-corrected chi connectivity index (χ2v) is 8.88. The number of fused-ring (bicyclic) bond motifs is 1. The Morgan fingerprint density at radius 2 is 1.82 bits per heavy atom. The number of nitrogens with one attached hydrogen (secondary N) is 2. The summed E-state index contributed by atoms with van der Waals surface area (Å²) in [5.41, 5.74) is 0.397. The lowest BCUT2D eigenvalue weighted by Gasteiger charge is -2.19. The van der Waals surface area contributed by atoms with Gasteiger partial charge in [0, 0.05) is 19.2 Å². The fourth-order valence-corrected chi connectivity index (χ4v) is 4.30. The zero-order valence-corrected chi connectivity index (χ0v) is 18.6. The van der Waals surface area contributed by atoms with Crippen LogP contribution in [0.2, 0.25) is 0 Å². The van der Waals surface area contributed by atoms with E-state index in [0.717, 1.165) is 5.76 Å². The number of ether oxygens (including phenoxy) is 3. The Morgan fingerprint density at radius 3 is 2.64 bits per heavy atom. The van der Waals surface area contributed by atoms with Crippen molar-refractivity contribution in [2.45, 2.75) is 17.9 Å². The average molecular weight is 473 g/mol. The van der Waals surface area contributed by atoms with Crippen LogP contribution in [0.5, 0.6) is 11.5 Å². The molecule has 0 saturated carbocycles. The number of anilines is 1. The maximum atomic E-state index is 12.9. The molecule has 1 aromatic heterocycles. The maximum Gasteiger partial charge on any atom is 0.262 e. The van der Waals surface area contributed by atoms with E-state index in [1.165, 1.54) is 18.2 Å². The molecule has 0 atom stereocenters. The molecular weight excluding hydrogens is 448 g/mol. The predicted molar refractivity (Wildman–Crippen MR) is 120 cm³/mol. The first-order valence-electron chi connectivity index (χ1n) is 10.4. The topological polar surface area (TPSA) is 116 Å². The Labute approximate surface area is 191 Å². The molecule has 0 fully saturated rings. The second kappa shape index (κ2) is 10.4. The van der Waals surface area contributed by atoms with Gasteiger partial charge in [-0.15, -0.1) is 0 Å². The Kier molecular flexibility index (Phi) is 7.16. The SMILES string of the molecule is O=C(NCCCOCc1ccco1)c1ccccc1NS(=O)(=O)c1ccc2c(c1)OCCO2. The summed E-state index contributed by atoms with van der Waals surface area (Å²) in [5.74, 6) is 1.21. The Balaban J connectivity index is 1.35. The molecule has 0 bridgehead atoms. The minimum Gasteiger partial charge on any atom is -0.486 e. The molecule has 33 heavy (non-hydrogen) atoms. The Bertz CT molecular complexity index is 1190. The lowest BCUT2D eigenvalue weighted by Crippen LogP contribution is -2.27. The third kappa shape index (κ3) is 5.85. The van der Waals surface area contributed by atoms with Gasteiger partial charge in [0.2, 0.25) is 0 Å². The van der Waals surface area contributed by atoms with Crippen LogP contribution in [0.4, 0.5) is 5.69 Å². The first kappa shape index (κ1) is 22.7. The Hall–Kier alpha value is -3.50. The summed E-state index contributed by atoms with van der Waals surface area (Å²) in [5, 5.41) is 2.79. The smallest absolute Gasteiger partial charge is 0.262 e. The van der Waals surface area contributed by atoms with Gasteiger partial charge in [-0.2, -0.15) is 0 Å². The number of amides is 1. The molecule has 0 aliphatic carbocycles. The Morgan fingerprint density at radius 1 is 1.00 bits per heavy atom. The number of para-hydroxylation sites is 1. The molecule has 0 radical (unpaired) electrons. The number of hydrogen-bond acceptors (Lipinski definition) is 7. The minimum absolute atomic E-state index is 0.00988. The van der Waals surface area contributed by atoms with Gasteiger partial charge in [0.1, 0.15) is 25.6 Å². The zero-order chi connectivity index (χ0) is 23.1. The third-order valence-corrected chi connectivity index (χ3v) is 6.18. The van der Waals surface area contributed by atoms with E-state index < -0.39 is 10.0 Å². The van der Waals surface area contributed by atoms with Crippen LogP contribution < -0.4 is 19.5 Å². The van der Waals surface area contributed by atoms with Crippen molar-refractivity contribution >= 4 is 21.6 Å². The zero-order valence-electron chi connectivity index (χ0n) is 17.8. The highest BCUT2D eigenvalue weighted by atomic mass is 32.2. The van der Waals surface area contributed by atoms with Crippen molar-refractivity contribution in [3.63, 3.8) is 0 Å². The molecule has 3 aromatic rings. The first-order valence-corrected chi connectivity index (χ1v) is 11.9. The van der Waals surface area contributed by atoms with E-state index in [2.05, 4.69) is 10.0 Å². The summed E-state index contributed by atoms with van der Waals surface area (Å²) in [7, 11) is -3.95. The van der Waals surface area contributed by atoms with Gasteiger partial charge in [-0.3, -0.25) is 9.52 Å². The number of rotatable bonds is 10. The standard InChI is InChI=1S/C23H24N2O7S/c26-23(24-10-4-11-29-16-17-5-3-12-30-17)19-6-1-2-7-20(19)25-33(27,28)18-8-9-21-22(15-18)32-14-13-31-21/h1-3,5-9,12,15,25H,4,10-11,13-14,16H2,(H,24,26). The monoisotopic (exact) mass is 472 g/mol. The van der Waals surface area contributed by atoms with Crippen molar-refractivity contribution in [3.05, 3.63) is 72.2 Å². The van der Waals surface area contributed by atoms with Crippen molar-refractivity contribution < 1.29 is 31.8 Å². The van der Waals surface area contributed by atoms with Crippen LogP contribution in [-0.4, -0.2) is 40.7 Å². The number of carbonyl (C=O) groups excluding carboxylic acids is 1. The molecule has 2 aromatic carbocycles. The van der Waals surface area contributed by atoms with E-state index in [1.54, 1.807) is 36.6 Å². The fourth-order valence-electron chi connectivity index (χ4n) is 3.20. The molecule has 4 rings (SSSR count). The molecule has 1 aliphatic heterocycles. The molecule has 2 heterocycles. The van der Waals surface area contributed by atoms with E-state index in [4.69, 9.17) is 18.6 Å². The van der Waals surface area contributed by atoms with Crippen molar-refractivity contribution in [2.24, 2.45) is 0 Å². The lowest BCUT2D eigenvalue weighted by molar-refractivity contribution is 0.0917. The van der Waals surface area contributed by atoms with Crippen LogP contribution >= 0.6 is 0 Å². The molecule has 2 N–H and O–H groups in total. The highest BCUT2D eigenvalue weighted by Crippen LogP contribution is 2.33. The van der Waals surface area contributed by atoms with Crippen LogP contribution in [0.15, 0.2) is 70.2 Å². The number of sulfonamides is 1. The van der Waals surface area contributed by atoms with E-state index in [-0.39, 0.29) is 22.1 Å². The van der Waals surface area contributed by atoms with Gasteiger partial charge in [0.05, 0.1) is 22.4 Å². The number of carbonyl (C=O) groups is 1. The summed E-state index contributed by atoms with van der Waals surface area (Å²) in [4.78, 5) is 12.7. The van der Waals surface area contributed by atoms with Gasteiger partial charge in [-0.05, 0) is 42.8 Å². The van der Waals surface area contributed by atoms with Gasteiger partial charge in [0.15, 0.2) is 11.5 Å². The normalized spacial score (nSPS) is 12.8. The van der Waals surface area contributed by atoms with Gasteiger partial charge in [0.25, 0.3) is 15.9 Å². The summed E-state index contributed by atoms with van der Waals surface area (Å²) in [6, 6.07) is 14.4. The van der Waals surface area contributed by atoms with Crippen molar-refractivity contribution in [2.75, 3.05) is 31.1 Å². The molecule has 1 amide bonds. The molecule has 174 valence electrons. The van der Waals surface area contributed by atoms with Crippen LogP contribution in [0.25, 0.3) is 0 Å². The maximum absolute atomic E-state index is 12.9. The molecule has 0 saturated heterocycles. The molecule has 9 nitrogen and oxygen atoms in total. The summed E-state index contributed by atoms with van der Waals surface area (Å²) in [6.45, 7) is 1.95. The van der Waals surface area contributed by atoms with Gasteiger partial charge < -0.3 is 23.9 Å². The highest BCUT2D eigenvalue weighted by Gasteiger charge is 2.21. The summed E-state index contributed by atoms with van der Waals surface area (Å²) in [6.07, 6.45) is 2.18. The summed E-state index contributed by atoms with van der Waals surface area (Å²) >= 11 is 0. The largest absolute Gasteiger partial charge is 0.486 e. The average Bonchev–Trinajstić information content (AvgIpc) is 3.34. The number of benzene rings is 2. The first-order chi connectivity index (χ1) is 16.0.